The fourth-order valence-corrected chi connectivity index (χ4v) is 1.93. The van der Waals surface area contributed by atoms with E-state index in [2.05, 4.69) is 4.74 Å². The molecule has 0 bridgehead atoms. The van der Waals surface area contributed by atoms with Gasteiger partial charge in [0, 0.05) is 12.2 Å². The first-order valence-corrected chi connectivity index (χ1v) is 6.24. The number of esters is 2. The van der Waals surface area contributed by atoms with Crippen LogP contribution in [0.25, 0.3) is 0 Å². The molecule has 1 fully saturated rings. The third-order valence-corrected chi connectivity index (χ3v) is 2.83. The van der Waals surface area contributed by atoms with Crippen LogP contribution in [0.5, 0.6) is 0 Å². The lowest BCUT2D eigenvalue weighted by Gasteiger charge is -2.20. The maximum absolute atomic E-state index is 11.3. The van der Waals surface area contributed by atoms with Crippen LogP contribution in [0.1, 0.15) is 39.0 Å². The number of ether oxygens (including phenoxy) is 2. The highest BCUT2D eigenvalue weighted by molar-refractivity contribution is 5.91. The fraction of sp³-hybridized carbons (Fsp3) is 0.692. The van der Waals surface area contributed by atoms with Crippen molar-refractivity contribution in [3.05, 3.63) is 12.2 Å². The number of hydrogen-bond acceptors (Lipinski definition) is 4. The van der Waals surface area contributed by atoms with Gasteiger partial charge in [0.15, 0.2) is 0 Å². The van der Waals surface area contributed by atoms with E-state index < -0.39 is 11.9 Å². The summed E-state index contributed by atoms with van der Waals surface area (Å²) in [6, 6.07) is 0. The van der Waals surface area contributed by atoms with Gasteiger partial charge in [0.25, 0.3) is 0 Å². The fourth-order valence-electron chi connectivity index (χ4n) is 1.93. The van der Waals surface area contributed by atoms with Crippen molar-refractivity contribution in [1.29, 1.82) is 0 Å². The van der Waals surface area contributed by atoms with Crippen molar-refractivity contribution in [3.8, 4) is 0 Å². The van der Waals surface area contributed by atoms with Crippen LogP contribution in [-0.2, 0) is 19.1 Å². The minimum absolute atomic E-state index is 0.306. The summed E-state index contributed by atoms with van der Waals surface area (Å²) in [5.41, 5.74) is 0. The summed E-state index contributed by atoms with van der Waals surface area (Å²) in [6.45, 7) is 2.49. The molecule has 0 N–H and O–H groups in total. The van der Waals surface area contributed by atoms with E-state index in [1.807, 2.05) is 0 Å². The van der Waals surface area contributed by atoms with E-state index in [4.69, 9.17) is 4.74 Å². The Kier molecular flexibility index (Phi) is 6.37. The SMILES string of the molecule is CCOC(=O)/C=C/C(=O)OCC1CCCCC1. The van der Waals surface area contributed by atoms with Gasteiger partial charge in [0.1, 0.15) is 0 Å². The Morgan fingerprint density at radius 3 is 2.24 bits per heavy atom. The molecule has 0 aromatic heterocycles. The molecular formula is C13H20O4. The lowest BCUT2D eigenvalue weighted by atomic mass is 9.90. The standard InChI is InChI=1S/C13H20O4/c1-2-16-12(14)8-9-13(15)17-10-11-6-4-3-5-7-11/h8-9,11H,2-7,10H2,1H3/b9-8+. The molecule has 0 heterocycles. The lowest BCUT2D eigenvalue weighted by molar-refractivity contribution is -0.141. The first kappa shape index (κ1) is 13.7. The van der Waals surface area contributed by atoms with Crippen LogP contribution in [0.4, 0.5) is 0 Å². The quantitative estimate of drug-likeness (QED) is 0.546. The molecule has 0 saturated heterocycles. The largest absolute Gasteiger partial charge is 0.463 e. The number of rotatable bonds is 5. The first-order chi connectivity index (χ1) is 8.22. The Hall–Kier alpha value is -1.32. The summed E-state index contributed by atoms with van der Waals surface area (Å²) in [7, 11) is 0. The zero-order chi connectivity index (χ0) is 12.5. The van der Waals surface area contributed by atoms with Crippen LogP contribution >= 0.6 is 0 Å². The second kappa shape index (κ2) is 7.87. The molecule has 1 aliphatic rings. The molecule has 4 heteroatoms. The molecule has 0 aromatic carbocycles. The topological polar surface area (TPSA) is 52.6 Å². The number of carbonyl (C=O) groups is 2. The van der Waals surface area contributed by atoms with Gasteiger partial charge in [-0.2, -0.15) is 0 Å². The Balaban J connectivity index is 2.17. The molecular weight excluding hydrogens is 220 g/mol. The zero-order valence-corrected chi connectivity index (χ0v) is 10.3. The number of hydrogen-bond donors (Lipinski definition) is 0. The van der Waals surface area contributed by atoms with Crippen LogP contribution in [0, 0.1) is 5.92 Å². The monoisotopic (exact) mass is 240 g/mol. The van der Waals surface area contributed by atoms with Crippen LogP contribution in [0.2, 0.25) is 0 Å². The molecule has 96 valence electrons. The molecule has 0 aromatic rings. The highest BCUT2D eigenvalue weighted by Crippen LogP contribution is 2.23. The first-order valence-electron chi connectivity index (χ1n) is 6.24. The molecule has 0 spiro atoms. The molecule has 1 aliphatic carbocycles. The summed E-state index contributed by atoms with van der Waals surface area (Å²) in [5, 5.41) is 0. The van der Waals surface area contributed by atoms with Crippen LogP contribution < -0.4 is 0 Å². The Morgan fingerprint density at radius 1 is 1.06 bits per heavy atom. The van der Waals surface area contributed by atoms with E-state index in [9.17, 15) is 9.59 Å². The van der Waals surface area contributed by atoms with Crippen LogP contribution in [-0.4, -0.2) is 25.2 Å². The maximum atomic E-state index is 11.3. The van der Waals surface area contributed by atoms with Gasteiger partial charge in [-0.05, 0) is 25.7 Å². The van der Waals surface area contributed by atoms with E-state index in [1.165, 1.54) is 19.3 Å². The molecule has 1 rings (SSSR count). The van der Waals surface area contributed by atoms with Crippen molar-refractivity contribution in [2.75, 3.05) is 13.2 Å². The molecule has 4 nitrogen and oxygen atoms in total. The van der Waals surface area contributed by atoms with Crippen molar-refractivity contribution in [3.63, 3.8) is 0 Å². The second-order valence-electron chi connectivity index (χ2n) is 4.22. The molecule has 1 saturated carbocycles. The third kappa shape index (κ3) is 6.09. The van der Waals surface area contributed by atoms with Crippen molar-refractivity contribution < 1.29 is 19.1 Å². The van der Waals surface area contributed by atoms with E-state index in [-0.39, 0.29) is 0 Å². The van der Waals surface area contributed by atoms with Crippen LogP contribution in [0.15, 0.2) is 12.2 Å². The van der Waals surface area contributed by atoms with Gasteiger partial charge >= 0.3 is 11.9 Å². The summed E-state index contributed by atoms with van der Waals surface area (Å²) >= 11 is 0. The number of carbonyl (C=O) groups excluding carboxylic acids is 2. The van der Waals surface area contributed by atoms with Gasteiger partial charge in [0.05, 0.1) is 13.2 Å². The zero-order valence-electron chi connectivity index (χ0n) is 10.3. The van der Waals surface area contributed by atoms with Gasteiger partial charge in [-0.1, -0.05) is 19.3 Å². The van der Waals surface area contributed by atoms with Gasteiger partial charge < -0.3 is 9.47 Å². The minimum atomic E-state index is -0.512. The normalized spacial score (nSPS) is 17.0. The van der Waals surface area contributed by atoms with E-state index in [1.54, 1.807) is 6.92 Å². The minimum Gasteiger partial charge on any atom is -0.463 e. The van der Waals surface area contributed by atoms with Crippen molar-refractivity contribution >= 4 is 11.9 Å². The molecule has 0 unspecified atom stereocenters. The van der Waals surface area contributed by atoms with Gasteiger partial charge in [-0.3, -0.25) is 0 Å². The third-order valence-electron chi connectivity index (χ3n) is 2.83. The lowest BCUT2D eigenvalue weighted by Crippen LogP contribution is -2.15. The van der Waals surface area contributed by atoms with Gasteiger partial charge in [-0.25, -0.2) is 9.59 Å². The summed E-state index contributed by atoms with van der Waals surface area (Å²) in [5.74, 6) is -0.491. The van der Waals surface area contributed by atoms with E-state index in [0.717, 1.165) is 25.0 Å². The van der Waals surface area contributed by atoms with Crippen molar-refractivity contribution in [2.24, 2.45) is 5.92 Å². The smallest absolute Gasteiger partial charge is 0.331 e. The molecule has 0 amide bonds. The Morgan fingerprint density at radius 2 is 1.65 bits per heavy atom. The average molecular weight is 240 g/mol. The van der Waals surface area contributed by atoms with E-state index >= 15 is 0 Å². The maximum Gasteiger partial charge on any atom is 0.331 e. The molecule has 0 radical (unpaired) electrons. The molecule has 0 aliphatic heterocycles. The predicted octanol–water partition coefficient (Wildman–Crippen LogP) is 2.23. The molecule has 0 atom stereocenters. The summed E-state index contributed by atoms with van der Waals surface area (Å²) < 4.78 is 9.73. The summed E-state index contributed by atoms with van der Waals surface area (Å²) in [4.78, 5) is 22.2. The predicted molar refractivity (Wildman–Crippen MR) is 63.3 cm³/mol. The second-order valence-corrected chi connectivity index (χ2v) is 4.22. The highest BCUT2D eigenvalue weighted by atomic mass is 16.5. The van der Waals surface area contributed by atoms with Crippen molar-refractivity contribution in [2.45, 2.75) is 39.0 Å². The van der Waals surface area contributed by atoms with E-state index in [0.29, 0.717) is 19.1 Å². The Bertz CT molecular complexity index is 277. The van der Waals surface area contributed by atoms with Gasteiger partial charge in [0.2, 0.25) is 0 Å². The summed E-state index contributed by atoms with van der Waals surface area (Å²) in [6.07, 6.45) is 8.23. The van der Waals surface area contributed by atoms with Crippen molar-refractivity contribution in [1.82, 2.24) is 0 Å². The highest BCUT2D eigenvalue weighted by Gasteiger charge is 2.14. The Labute approximate surface area is 102 Å². The molecule has 17 heavy (non-hydrogen) atoms. The van der Waals surface area contributed by atoms with Gasteiger partial charge in [-0.15, -0.1) is 0 Å². The average Bonchev–Trinajstić information content (AvgIpc) is 2.35. The van der Waals surface area contributed by atoms with Crippen LogP contribution in [0.3, 0.4) is 0 Å².